The second-order valence-corrected chi connectivity index (χ2v) is 5.92. The minimum absolute atomic E-state index is 0.163. The molecule has 2 atom stereocenters. The van der Waals surface area contributed by atoms with E-state index in [0.717, 1.165) is 12.8 Å². The van der Waals surface area contributed by atoms with Crippen molar-refractivity contribution in [1.29, 1.82) is 5.26 Å². The van der Waals surface area contributed by atoms with Crippen molar-refractivity contribution < 1.29 is 9.59 Å². The number of nitriles is 1. The highest BCUT2D eigenvalue weighted by molar-refractivity contribution is 6.05. The molecule has 2 rings (SSSR count). The van der Waals surface area contributed by atoms with Crippen LogP contribution in [0.4, 0.5) is 0 Å². The molecule has 1 saturated heterocycles. The van der Waals surface area contributed by atoms with E-state index in [1.807, 2.05) is 0 Å². The third kappa shape index (κ3) is 1.73. The van der Waals surface area contributed by atoms with Gasteiger partial charge in [0.2, 0.25) is 11.8 Å². The number of imide groups is 1. The minimum atomic E-state index is -0.875. The zero-order chi connectivity index (χ0) is 13.5. The molecule has 2 amide bonds. The van der Waals surface area contributed by atoms with Gasteiger partial charge in [-0.1, -0.05) is 20.8 Å². The fourth-order valence-corrected chi connectivity index (χ4v) is 2.99. The van der Waals surface area contributed by atoms with Gasteiger partial charge in [-0.25, -0.2) is 0 Å². The summed E-state index contributed by atoms with van der Waals surface area (Å²) in [6.45, 7) is 5.71. The van der Waals surface area contributed by atoms with Crippen LogP contribution in [0.15, 0.2) is 0 Å². The maximum atomic E-state index is 12.2. The van der Waals surface area contributed by atoms with E-state index >= 15 is 0 Å². The summed E-state index contributed by atoms with van der Waals surface area (Å²) in [4.78, 5) is 25.7. The van der Waals surface area contributed by atoms with Crippen LogP contribution in [-0.4, -0.2) is 22.3 Å². The maximum absolute atomic E-state index is 12.2. The molecule has 0 radical (unpaired) electrons. The largest absolute Gasteiger partial charge is 0.274 e. The van der Waals surface area contributed by atoms with Crippen LogP contribution in [-0.2, 0) is 9.59 Å². The van der Waals surface area contributed by atoms with Crippen molar-refractivity contribution in [2.24, 2.45) is 17.8 Å². The summed E-state index contributed by atoms with van der Waals surface area (Å²) in [5, 5.41) is 9.50. The second kappa shape index (κ2) is 4.38. The molecular formula is C14H20N2O2. The molecule has 1 aliphatic carbocycles. The Hall–Kier alpha value is -1.37. The summed E-state index contributed by atoms with van der Waals surface area (Å²) in [5.74, 6) is -0.328. The standard InChI is InChI=1S/C14H20N2O2/c1-9-4-6-14(8-15,7-5-9)16-12(17)10(2)11(3)13(16)18/h9-11H,4-7H2,1-3H3. The molecule has 1 saturated carbocycles. The molecule has 2 unspecified atom stereocenters. The van der Waals surface area contributed by atoms with E-state index in [2.05, 4.69) is 13.0 Å². The Bertz CT molecular complexity index is 396. The van der Waals surface area contributed by atoms with Gasteiger partial charge in [0.15, 0.2) is 0 Å². The van der Waals surface area contributed by atoms with Gasteiger partial charge in [0.25, 0.3) is 0 Å². The van der Waals surface area contributed by atoms with E-state index in [0.29, 0.717) is 18.8 Å². The Morgan fingerprint density at radius 3 is 1.94 bits per heavy atom. The van der Waals surface area contributed by atoms with Crippen molar-refractivity contribution >= 4 is 11.8 Å². The number of amides is 2. The van der Waals surface area contributed by atoms with Crippen molar-refractivity contribution in [3.8, 4) is 6.07 Å². The van der Waals surface area contributed by atoms with Crippen LogP contribution in [0.2, 0.25) is 0 Å². The minimum Gasteiger partial charge on any atom is -0.274 e. The lowest BCUT2D eigenvalue weighted by molar-refractivity contribution is -0.146. The smallest absolute Gasteiger partial charge is 0.234 e. The summed E-state index contributed by atoms with van der Waals surface area (Å²) in [5.41, 5.74) is -0.875. The topological polar surface area (TPSA) is 61.2 Å². The van der Waals surface area contributed by atoms with E-state index in [-0.39, 0.29) is 23.7 Å². The van der Waals surface area contributed by atoms with Gasteiger partial charge in [-0.15, -0.1) is 0 Å². The van der Waals surface area contributed by atoms with Crippen LogP contribution in [0.1, 0.15) is 46.5 Å². The maximum Gasteiger partial charge on any atom is 0.234 e. The molecule has 98 valence electrons. The predicted octanol–water partition coefficient (Wildman–Crippen LogP) is 2.10. The molecule has 4 nitrogen and oxygen atoms in total. The molecule has 0 aromatic rings. The highest BCUT2D eigenvalue weighted by Crippen LogP contribution is 2.41. The fraction of sp³-hybridized carbons (Fsp3) is 0.786. The van der Waals surface area contributed by atoms with Crippen molar-refractivity contribution in [3.05, 3.63) is 0 Å². The van der Waals surface area contributed by atoms with Gasteiger partial charge >= 0.3 is 0 Å². The van der Waals surface area contributed by atoms with Crippen LogP contribution >= 0.6 is 0 Å². The van der Waals surface area contributed by atoms with E-state index in [1.54, 1.807) is 13.8 Å². The third-order valence-corrected chi connectivity index (χ3v) is 4.71. The molecule has 0 aromatic heterocycles. The molecule has 0 spiro atoms. The second-order valence-electron chi connectivity index (χ2n) is 5.92. The lowest BCUT2D eigenvalue weighted by Crippen LogP contribution is -2.53. The van der Waals surface area contributed by atoms with Crippen LogP contribution in [0.5, 0.6) is 0 Å². The molecule has 0 aromatic carbocycles. The lowest BCUT2D eigenvalue weighted by atomic mass is 9.77. The summed E-state index contributed by atoms with van der Waals surface area (Å²) in [6.07, 6.45) is 3.07. The molecule has 18 heavy (non-hydrogen) atoms. The molecule has 1 heterocycles. The molecule has 4 heteroatoms. The highest BCUT2D eigenvalue weighted by Gasteiger charge is 2.53. The predicted molar refractivity (Wildman–Crippen MR) is 66.2 cm³/mol. The number of rotatable bonds is 1. The zero-order valence-electron chi connectivity index (χ0n) is 11.3. The van der Waals surface area contributed by atoms with E-state index in [9.17, 15) is 14.9 Å². The van der Waals surface area contributed by atoms with Gasteiger partial charge in [-0.2, -0.15) is 5.26 Å². The number of carbonyl (C=O) groups excluding carboxylic acids is 2. The van der Waals surface area contributed by atoms with Crippen LogP contribution < -0.4 is 0 Å². The first-order chi connectivity index (χ1) is 8.43. The Morgan fingerprint density at radius 2 is 1.56 bits per heavy atom. The van der Waals surface area contributed by atoms with E-state index < -0.39 is 5.54 Å². The number of hydrogen-bond donors (Lipinski definition) is 0. The van der Waals surface area contributed by atoms with Crippen molar-refractivity contribution in [3.63, 3.8) is 0 Å². The third-order valence-electron chi connectivity index (χ3n) is 4.71. The van der Waals surface area contributed by atoms with Crippen LogP contribution in [0.3, 0.4) is 0 Å². The molecule has 0 bridgehead atoms. The zero-order valence-corrected chi connectivity index (χ0v) is 11.3. The van der Waals surface area contributed by atoms with Crippen molar-refractivity contribution in [2.75, 3.05) is 0 Å². The number of carbonyl (C=O) groups is 2. The Kier molecular flexibility index (Phi) is 3.18. The van der Waals surface area contributed by atoms with E-state index in [1.165, 1.54) is 4.90 Å². The summed E-state index contributed by atoms with van der Waals surface area (Å²) in [7, 11) is 0. The van der Waals surface area contributed by atoms with Crippen LogP contribution in [0.25, 0.3) is 0 Å². The van der Waals surface area contributed by atoms with E-state index in [4.69, 9.17) is 0 Å². The Morgan fingerprint density at radius 1 is 1.11 bits per heavy atom. The SMILES string of the molecule is CC1CCC(C#N)(N2C(=O)C(C)C(C)C2=O)CC1. The highest BCUT2D eigenvalue weighted by atomic mass is 16.2. The van der Waals surface area contributed by atoms with Crippen molar-refractivity contribution in [2.45, 2.75) is 52.0 Å². The van der Waals surface area contributed by atoms with Gasteiger partial charge in [0.05, 0.1) is 6.07 Å². The monoisotopic (exact) mass is 248 g/mol. The van der Waals surface area contributed by atoms with Gasteiger partial charge in [0.1, 0.15) is 5.54 Å². The number of likely N-dealkylation sites (tertiary alicyclic amines) is 1. The number of nitrogens with zero attached hydrogens (tertiary/aromatic N) is 2. The average molecular weight is 248 g/mol. The normalized spacial score (nSPS) is 41.0. The molecular weight excluding hydrogens is 228 g/mol. The molecule has 2 fully saturated rings. The quantitative estimate of drug-likeness (QED) is 0.668. The average Bonchev–Trinajstić information content (AvgIpc) is 2.56. The molecule has 0 N–H and O–H groups in total. The Labute approximate surface area is 108 Å². The fourth-order valence-electron chi connectivity index (χ4n) is 2.99. The van der Waals surface area contributed by atoms with Crippen molar-refractivity contribution in [1.82, 2.24) is 4.90 Å². The van der Waals surface area contributed by atoms with Gasteiger partial charge in [0, 0.05) is 11.8 Å². The van der Waals surface area contributed by atoms with Crippen LogP contribution in [0, 0.1) is 29.1 Å². The first kappa shape index (κ1) is 13.1. The van der Waals surface area contributed by atoms with Gasteiger partial charge in [-0.05, 0) is 31.6 Å². The first-order valence-corrected chi connectivity index (χ1v) is 6.72. The summed E-state index contributed by atoms with van der Waals surface area (Å²) < 4.78 is 0. The Balaban J connectivity index is 2.32. The summed E-state index contributed by atoms with van der Waals surface area (Å²) >= 11 is 0. The van der Waals surface area contributed by atoms with Gasteiger partial charge < -0.3 is 0 Å². The first-order valence-electron chi connectivity index (χ1n) is 6.72. The molecule has 2 aliphatic rings. The lowest BCUT2D eigenvalue weighted by Gasteiger charge is -2.39. The summed E-state index contributed by atoms with van der Waals surface area (Å²) in [6, 6.07) is 2.27. The molecule has 1 aliphatic heterocycles. The number of hydrogen-bond acceptors (Lipinski definition) is 3. The van der Waals surface area contributed by atoms with Gasteiger partial charge in [-0.3, -0.25) is 14.5 Å².